The van der Waals surface area contributed by atoms with Crippen LogP contribution in [0.1, 0.15) is 4.88 Å². The number of hydrogen-bond donors (Lipinski definition) is 1. The highest BCUT2D eigenvalue weighted by Gasteiger charge is 2.35. The van der Waals surface area contributed by atoms with Crippen molar-refractivity contribution in [1.29, 1.82) is 0 Å². The fourth-order valence-electron chi connectivity index (χ4n) is 1.86. The Morgan fingerprint density at radius 1 is 1.05 bits per heavy atom. The lowest BCUT2D eigenvalue weighted by molar-refractivity contribution is -0.0901. The summed E-state index contributed by atoms with van der Waals surface area (Å²) in [4.78, 5) is 5.03. The molecule has 0 aliphatic carbocycles. The molecule has 102 valence electrons. The molecule has 3 rings (SSSR count). The number of benzene rings is 1. The number of thiophene rings is 1. The van der Waals surface area contributed by atoms with Crippen LogP contribution in [0.5, 0.6) is 0 Å². The molecule has 0 atom stereocenters. The molecule has 0 unspecified atom stereocenters. The van der Waals surface area contributed by atoms with Crippen molar-refractivity contribution < 1.29 is 13.2 Å². The van der Waals surface area contributed by atoms with E-state index in [-0.39, 0.29) is 0 Å². The van der Waals surface area contributed by atoms with E-state index in [1.54, 1.807) is 36.4 Å². The largest absolute Gasteiger partial charge is 0.431 e. The van der Waals surface area contributed by atoms with Gasteiger partial charge in [0, 0.05) is 0 Å². The topological polar surface area (TPSA) is 24.4 Å². The minimum atomic E-state index is -4.45. The van der Waals surface area contributed by atoms with E-state index < -0.39 is 11.9 Å². The Morgan fingerprint density at radius 2 is 1.85 bits per heavy atom. The Morgan fingerprint density at radius 3 is 2.55 bits per heavy atom. The van der Waals surface area contributed by atoms with Gasteiger partial charge in [-0.1, -0.05) is 18.2 Å². The lowest BCUT2D eigenvalue weighted by atomic mass is 10.2. The summed E-state index contributed by atoms with van der Waals surface area (Å²) in [5, 5.41) is 4.23. The second kappa shape index (κ2) is 4.79. The second-order valence-corrected chi connectivity index (χ2v) is 5.12. The first-order valence-electron chi connectivity index (χ1n) is 5.81. The number of alkyl halides is 3. The fourth-order valence-corrected chi connectivity index (χ4v) is 2.55. The summed E-state index contributed by atoms with van der Waals surface area (Å²) >= 11 is 1.36. The van der Waals surface area contributed by atoms with Crippen LogP contribution in [0.2, 0.25) is 0 Å². The summed E-state index contributed by atoms with van der Waals surface area (Å²) in [6.45, 7) is 0. The molecule has 0 radical (unpaired) electrons. The molecule has 1 N–H and O–H groups in total. The van der Waals surface area contributed by atoms with Crippen LogP contribution in [0, 0.1) is 0 Å². The van der Waals surface area contributed by atoms with Gasteiger partial charge >= 0.3 is 6.18 Å². The Kier molecular flexibility index (Phi) is 3.10. The molecule has 0 amide bonds. The molecule has 0 bridgehead atoms. The summed E-state index contributed by atoms with van der Waals surface area (Å²) < 4.78 is 39.1. The molecular formula is C14H9F3N2S. The van der Waals surface area contributed by atoms with Crippen molar-refractivity contribution in [1.82, 2.24) is 0 Å². The Bertz CT molecular complexity index is 685. The lowest BCUT2D eigenvalue weighted by Gasteiger charge is -2.13. The molecule has 2 aromatic rings. The number of aliphatic imine (C=N–C) groups is 1. The van der Waals surface area contributed by atoms with Gasteiger partial charge in [0.25, 0.3) is 0 Å². The highest BCUT2D eigenvalue weighted by Crippen LogP contribution is 2.35. The zero-order chi connectivity index (χ0) is 14.2. The number of allylic oxidation sites excluding steroid dienone is 2. The van der Waals surface area contributed by atoms with Gasteiger partial charge in [-0.3, -0.25) is 0 Å². The fraction of sp³-hybridized carbons (Fsp3) is 0.0714. The molecular weight excluding hydrogens is 285 g/mol. The smallest absolute Gasteiger partial charge is 0.350 e. The Balaban J connectivity index is 2.17. The third-order valence-corrected chi connectivity index (χ3v) is 3.67. The van der Waals surface area contributed by atoms with E-state index in [4.69, 9.17) is 0 Å². The molecule has 0 spiro atoms. The van der Waals surface area contributed by atoms with Gasteiger partial charge < -0.3 is 5.32 Å². The van der Waals surface area contributed by atoms with E-state index in [9.17, 15) is 13.2 Å². The van der Waals surface area contributed by atoms with Crippen LogP contribution >= 0.6 is 11.3 Å². The van der Waals surface area contributed by atoms with E-state index in [0.717, 1.165) is 6.08 Å². The van der Waals surface area contributed by atoms with Crippen molar-refractivity contribution in [3.63, 3.8) is 0 Å². The molecule has 2 nitrogen and oxygen atoms in total. The van der Waals surface area contributed by atoms with Gasteiger partial charge in [0.05, 0.1) is 22.0 Å². The number of anilines is 1. The van der Waals surface area contributed by atoms with Gasteiger partial charge in [0.15, 0.2) is 0 Å². The zero-order valence-corrected chi connectivity index (χ0v) is 10.9. The average molecular weight is 294 g/mol. The molecule has 1 aromatic heterocycles. The molecule has 0 saturated carbocycles. The molecule has 20 heavy (non-hydrogen) atoms. The highest BCUT2D eigenvalue weighted by atomic mass is 32.1. The normalized spacial score (nSPS) is 14.8. The second-order valence-electron chi connectivity index (χ2n) is 4.17. The number of hydrogen-bond acceptors (Lipinski definition) is 3. The predicted molar refractivity (Wildman–Crippen MR) is 74.7 cm³/mol. The standard InChI is InChI=1S/C14H9F3N2S/c15-14(16,17)13-8-11(12-6-3-7-20-12)18-9-4-1-2-5-10(9)19-13/h1-8,19H. The Hall–Kier alpha value is -2.08. The maximum absolute atomic E-state index is 13.0. The number of fused-ring (bicyclic) bond motifs is 1. The summed E-state index contributed by atoms with van der Waals surface area (Å²) in [5.74, 6) is 0. The van der Waals surface area contributed by atoms with Gasteiger partial charge in [-0.2, -0.15) is 13.2 Å². The SMILES string of the molecule is FC(F)(F)C1=CC(c2cccs2)=Nc2ccccc2N1. The zero-order valence-electron chi connectivity index (χ0n) is 10.1. The number of halogens is 3. The first kappa shape index (κ1) is 12.9. The third kappa shape index (κ3) is 2.46. The van der Waals surface area contributed by atoms with E-state index in [1.165, 1.54) is 11.3 Å². The number of nitrogens with zero attached hydrogens (tertiary/aromatic N) is 1. The quantitative estimate of drug-likeness (QED) is 0.807. The molecule has 6 heteroatoms. The van der Waals surface area contributed by atoms with Crippen molar-refractivity contribution in [3.05, 3.63) is 58.4 Å². The molecule has 0 fully saturated rings. The van der Waals surface area contributed by atoms with Crippen molar-refractivity contribution in [2.75, 3.05) is 5.32 Å². The van der Waals surface area contributed by atoms with Gasteiger partial charge in [-0.15, -0.1) is 11.3 Å². The van der Waals surface area contributed by atoms with Crippen LogP contribution < -0.4 is 5.32 Å². The Labute approximate surface area is 117 Å². The molecule has 1 aliphatic rings. The predicted octanol–water partition coefficient (Wildman–Crippen LogP) is 4.74. The van der Waals surface area contributed by atoms with Gasteiger partial charge in [-0.05, 0) is 29.7 Å². The van der Waals surface area contributed by atoms with Crippen molar-refractivity contribution in [3.8, 4) is 0 Å². The molecule has 1 aromatic carbocycles. The van der Waals surface area contributed by atoms with Gasteiger partial charge in [0.1, 0.15) is 5.70 Å². The maximum atomic E-state index is 13.0. The monoisotopic (exact) mass is 294 g/mol. The summed E-state index contributed by atoms with van der Waals surface area (Å²) in [5.41, 5.74) is 0.341. The van der Waals surface area contributed by atoms with Gasteiger partial charge in [0.2, 0.25) is 0 Å². The highest BCUT2D eigenvalue weighted by molar-refractivity contribution is 7.12. The number of para-hydroxylation sites is 2. The van der Waals surface area contributed by atoms with Gasteiger partial charge in [-0.25, -0.2) is 4.99 Å². The van der Waals surface area contributed by atoms with Crippen LogP contribution in [0.25, 0.3) is 0 Å². The van der Waals surface area contributed by atoms with Crippen LogP contribution in [-0.2, 0) is 0 Å². The van der Waals surface area contributed by atoms with Crippen molar-refractivity contribution in [2.45, 2.75) is 6.18 Å². The van der Waals surface area contributed by atoms with Crippen LogP contribution in [0.15, 0.2) is 58.5 Å². The van der Waals surface area contributed by atoms with Crippen LogP contribution in [-0.4, -0.2) is 11.9 Å². The molecule has 1 aliphatic heterocycles. The van der Waals surface area contributed by atoms with Crippen molar-refractivity contribution >= 4 is 28.4 Å². The van der Waals surface area contributed by atoms with E-state index in [0.29, 0.717) is 22.0 Å². The molecule has 2 heterocycles. The first-order chi connectivity index (χ1) is 9.54. The minimum Gasteiger partial charge on any atom is -0.350 e. The number of nitrogens with one attached hydrogen (secondary N) is 1. The lowest BCUT2D eigenvalue weighted by Crippen LogP contribution is -2.19. The summed E-state index contributed by atoms with van der Waals surface area (Å²) in [6, 6.07) is 10.2. The average Bonchev–Trinajstić information content (AvgIpc) is 2.84. The third-order valence-electron chi connectivity index (χ3n) is 2.77. The van der Waals surface area contributed by atoms with Crippen LogP contribution in [0.4, 0.5) is 24.5 Å². The molecule has 0 saturated heterocycles. The van der Waals surface area contributed by atoms with E-state index >= 15 is 0 Å². The van der Waals surface area contributed by atoms with E-state index in [1.807, 2.05) is 5.38 Å². The van der Waals surface area contributed by atoms with Crippen molar-refractivity contribution in [2.24, 2.45) is 4.99 Å². The summed E-state index contributed by atoms with van der Waals surface area (Å²) in [6.07, 6.45) is -3.40. The maximum Gasteiger partial charge on any atom is 0.431 e. The number of rotatable bonds is 1. The van der Waals surface area contributed by atoms with Crippen LogP contribution in [0.3, 0.4) is 0 Å². The van der Waals surface area contributed by atoms with E-state index in [2.05, 4.69) is 10.3 Å². The summed E-state index contributed by atoms with van der Waals surface area (Å²) in [7, 11) is 0. The first-order valence-corrected chi connectivity index (χ1v) is 6.69. The minimum absolute atomic E-state index is 0.310.